The molecular formula is C24H19N3O4S. The third-order valence-corrected chi connectivity index (χ3v) is 5.55. The van der Waals surface area contributed by atoms with E-state index in [9.17, 15) is 19.5 Å². The molecule has 1 aromatic heterocycles. The van der Waals surface area contributed by atoms with E-state index in [2.05, 4.69) is 5.32 Å². The number of carbonyl (C=O) groups is 3. The fourth-order valence-electron chi connectivity index (χ4n) is 3.78. The number of amides is 2. The molecule has 0 saturated carbocycles. The van der Waals surface area contributed by atoms with Gasteiger partial charge in [0.25, 0.3) is 11.8 Å². The molecule has 1 aliphatic rings. The Bertz CT molecular complexity index is 1310. The fraction of sp³-hybridized carbons (Fsp3) is 0.0833. The summed E-state index contributed by atoms with van der Waals surface area (Å²) in [4.78, 5) is 38.8. The van der Waals surface area contributed by atoms with Crippen LogP contribution in [0.4, 0.5) is 5.69 Å². The zero-order chi connectivity index (χ0) is 23.0. The van der Waals surface area contributed by atoms with Crippen LogP contribution in [-0.4, -0.2) is 32.6 Å². The summed E-state index contributed by atoms with van der Waals surface area (Å²) in [5.41, 5.74) is 3.24. The molecule has 2 amide bonds. The fourth-order valence-corrected chi connectivity index (χ4v) is 4.06. The van der Waals surface area contributed by atoms with E-state index in [4.69, 9.17) is 12.2 Å². The summed E-state index contributed by atoms with van der Waals surface area (Å²) in [6.07, 6.45) is 1.51. The highest BCUT2D eigenvalue weighted by Gasteiger charge is 2.34. The monoisotopic (exact) mass is 445 g/mol. The molecule has 2 heterocycles. The number of rotatable bonds is 4. The van der Waals surface area contributed by atoms with Gasteiger partial charge in [0, 0.05) is 11.4 Å². The summed E-state index contributed by atoms with van der Waals surface area (Å²) in [6.45, 7) is 3.64. The number of hydrogen-bond donors (Lipinski definition) is 2. The van der Waals surface area contributed by atoms with E-state index in [1.807, 2.05) is 19.9 Å². The first-order chi connectivity index (χ1) is 15.3. The number of para-hydroxylation sites is 2. The summed E-state index contributed by atoms with van der Waals surface area (Å²) >= 11 is 5.22. The van der Waals surface area contributed by atoms with Crippen LogP contribution < -0.4 is 10.2 Å². The van der Waals surface area contributed by atoms with Gasteiger partial charge < -0.3 is 9.67 Å². The predicted molar refractivity (Wildman–Crippen MR) is 125 cm³/mol. The zero-order valence-corrected chi connectivity index (χ0v) is 18.1. The van der Waals surface area contributed by atoms with E-state index in [0.717, 1.165) is 5.69 Å². The van der Waals surface area contributed by atoms with Crippen molar-refractivity contribution in [3.05, 3.63) is 88.8 Å². The minimum absolute atomic E-state index is 0.0178. The van der Waals surface area contributed by atoms with E-state index in [1.54, 1.807) is 53.1 Å². The third kappa shape index (κ3) is 3.61. The van der Waals surface area contributed by atoms with Gasteiger partial charge in [0.1, 0.15) is 5.57 Å². The van der Waals surface area contributed by atoms with Crippen LogP contribution in [0, 0.1) is 13.8 Å². The molecule has 0 radical (unpaired) electrons. The molecule has 160 valence electrons. The number of thiocarbonyl (C=S) groups is 1. The van der Waals surface area contributed by atoms with Gasteiger partial charge in [-0.05, 0) is 68.0 Å². The van der Waals surface area contributed by atoms with Gasteiger partial charge >= 0.3 is 5.97 Å². The Kier molecular flexibility index (Phi) is 5.46. The van der Waals surface area contributed by atoms with Gasteiger partial charge in [0.05, 0.1) is 16.9 Å². The third-order valence-electron chi connectivity index (χ3n) is 5.26. The van der Waals surface area contributed by atoms with Crippen LogP contribution in [-0.2, 0) is 9.59 Å². The number of anilines is 1. The largest absolute Gasteiger partial charge is 0.478 e. The van der Waals surface area contributed by atoms with Crippen molar-refractivity contribution in [3.63, 3.8) is 0 Å². The van der Waals surface area contributed by atoms with Crippen molar-refractivity contribution >= 4 is 46.9 Å². The Hall–Kier alpha value is -4.04. The molecule has 0 atom stereocenters. The zero-order valence-electron chi connectivity index (χ0n) is 17.3. The number of aromatic carboxylic acids is 1. The van der Waals surface area contributed by atoms with E-state index in [1.165, 1.54) is 17.0 Å². The van der Waals surface area contributed by atoms with Crippen molar-refractivity contribution in [2.75, 3.05) is 4.90 Å². The molecule has 0 unspecified atom stereocenters. The predicted octanol–water partition coefficient (Wildman–Crippen LogP) is 3.62. The Morgan fingerprint density at radius 3 is 2.38 bits per heavy atom. The number of nitrogens with zero attached hydrogens (tertiary/aromatic N) is 2. The number of carbonyl (C=O) groups excluding carboxylic acids is 2. The average Bonchev–Trinajstić information content (AvgIpc) is 3.04. The Morgan fingerprint density at radius 1 is 1.03 bits per heavy atom. The van der Waals surface area contributed by atoms with Crippen LogP contribution in [0.2, 0.25) is 0 Å². The van der Waals surface area contributed by atoms with Crippen molar-refractivity contribution in [3.8, 4) is 5.69 Å². The van der Waals surface area contributed by atoms with Crippen LogP contribution in [0.3, 0.4) is 0 Å². The summed E-state index contributed by atoms with van der Waals surface area (Å²) in [6, 6.07) is 17.3. The highest BCUT2D eigenvalue weighted by Crippen LogP contribution is 2.27. The number of nitrogens with one attached hydrogen (secondary N) is 1. The summed E-state index contributed by atoms with van der Waals surface area (Å²) in [5, 5.41) is 12.2. The second kappa shape index (κ2) is 8.24. The molecule has 1 saturated heterocycles. The topological polar surface area (TPSA) is 91.6 Å². The average molecular weight is 446 g/mol. The van der Waals surface area contributed by atoms with Gasteiger partial charge in [0.2, 0.25) is 0 Å². The van der Waals surface area contributed by atoms with E-state index >= 15 is 0 Å². The molecule has 8 heteroatoms. The summed E-state index contributed by atoms with van der Waals surface area (Å²) < 4.78 is 1.79. The molecule has 4 rings (SSSR count). The first-order valence-electron chi connectivity index (χ1n) is 9.77. The van der Waals surface area contributed by atoms with Crippen molar-refractivity contribution in [2.24, 2.45) is 0 Å². The van der Waals surface area contributed by atoms with Crippen LogP contribution >= 0.6 is 12.2 Å². The number of aryl methyl sites for hydroxylation is 1. The first-order valence-corrected chi connectivity index (χ1v) is 10.2. The lowest BCUT2D eigenvalue weighted by atomic mass is 10.1. The minimum Gasteiger partial charge on any atom is -0.478 e. The van der Waals surface area contributed by atoms with Gasteiger partial charge in [-0.25, -0.2) is 4.79 Å². The second-order valence-electron chi connectivity index (χ2n) is 7.28. The van der Waals surface area contributed by atoms with Gasteiger partial charge in [-0.2, -0.15) is 0 Å². The Labute approximate surface area is 189 Å². The SMILES string of the molecule is Cc1cc(/C=C2\C(=O)NC(=S)N(c3ccccc3)C2=O)c(C)n1-c1ccccc1C(=O)O. The van der Waals surface area contributed by atoms with E-state index in [0.29, 0.717) is 22.6 Å². The number of hydrogen-bond acceptors (Lipinski definition) is 4. The molecule has 0 aliphatic carbocycles. The quantitative estimate of drug-likeness (QED) is 0.364. The Morgan fingerprint density at radius 2 is 1.69 bits per heavy atom. The molecule has 0 bridgehead atoms. The van der Waals surface area contributed by atoms with Gasteiger partial charge in [-0.3, -0.25) is 19.8 Å². The molecule has 32 heavy (non-hydrogen) atoms. The number of benzene rings is 2. The molecule has 0 spiro atoms. The normalized spacial score (nSPS) is 15.2. The maximum absolute atomic E-state index is 13.2. The van der Waals surface area contributed by atoms with Crippen LogP contribution in [0.1, 0.15) is 27.3 Å². The number of carboxylic acids is 1. The van der Waals surface area contributed by atoms with E-state index in [-0.39, 0.29) is 16.2 Å². The summed E-state index contributed by atoms with van der Waals surface area (Å²) in [5.74, 6) is -2.15. The highest BCUT2D eigenvalue weighted by molar-refractivity contribution is 7.80. The highest BCUT2D eigenvalue weighted by atomic mass is 32.1. The maximum Gasteiger partial charge on any atom is 0.337 e. The molecule has 1 aliphatic heterocycles. The second-order valence-corrected chi connectivity index (χ2v) is 7.66. The molecule has 2 aromatic carbocycles. The summed E-state index contributed by atoms with van der Waals surface area (Å²) in [7, 11) is 0. The van der Waals surface area contributed by atoms with E-state index < -0.39 is 17.8 Å². The number of aromatic nitrogens is 1. The minimum atomic E-state index is -1.04. The van der Waals surface area contributed by atoms with Gasteiger partial charge in [-0.15, -0.1) is 0 Å². The van der Waals surface area contributed by atoms with Crippen molar-refractivity contribution in [1.29, 1.82) is 0 Å². The van der Waals surface area contributed by atoms with Crippen LogP contribution in [0.15, 0.2) is 66.2 Å². The Balaban J connectivity index is 1.80. The molecule has 7 nitrogen and oxygen atoms in total. The maximum atomic E-state index is 13.2. The van der Waals surface area contributed by atoms with Crippen molar-refractivity contribution in [2.45, 2.75) is 13.8 Å². The first kappa shape index (κ1) is 21.2. The van der Waals surface area contributed by atoms with Crippen molar-refractivity contribution in [1.82, 2.24) is 9.88 Å². The molecular weight excluding hydrogens is 426 g/mol. The lowest BCUT2D eigenvalue weighted by Gasteiger charge is -2.28. The lowest BCUT2D eigenvalue weighted by Crippen LogP contribution is -2.54. The number of carboxylic acid groups (broad SMARTS) is 1. The van der Waals surface area contributed by atoms with Crippen LogP contribution in [0.5, 0.6) is 0 Å². The smallest absolute Gasteiger partial charge is 0.337 e. The van der Waals surface area contributed by atoms with Crippen molar-refractivity contribution < 1.29 is 19.5 Å². The molecule has 2 N–H and O–H groups in total. The molecule has 3 aromatic rings. The van der Waals surface area contributed by atoms with Gasteiger partial charge in [0.15, 0.2) is 5.11 Å². The lowest BCUT2D eigenvalue weighted by molar-refractivity contribution is -0.122. The van der Waals surface area contributed by atoms with Gasteiger partial charge in [-0.1, -0.05) is 30.3 Å². The standard InChI is InChI=1S/C24H19N3O4S/c1-14-12-16(15(2)26(14)20-11-7-6-10-18(20)23(30)31)13-19-21(28)25-24(32)27(22(19)29)17-8-4-3-5-9-17/h3-13H,1-2H3,(H,30,31)(H,25,28,32)/b19-13+. The molecule has 1 fully saturated rings. The van der Waals surface area contributed by atoms with Crippen LogP contribution in [0.25, 0.3) is 11.8 Å².